The zero-order valence-corrected chi connectivity index (χ0v) is 15.5. The Hall–Kier alpha value is -3.41. The summed E-state index contributed by atoms with van der Waals surface area (Å²) in [5, 5.41) is 12.0. The van der Waals surface area contributed by atoms with Crippen LogP contribution in [0.1, 0.15) is 15.9 Å². The number of fused-ring (bicyclic) bond motifs is 1. The number of methoxy groups -OCH3 is 4. The number of phenolic OH excluding ortho intramolecular Hbond substituents is 1. The molecule has 0 bridgehead atoms. The lowest BCUT2D eigenvalue weighted by Crippen LogP contribution is -2.04. The Morgan fingerprint density at radius 1 is 0.815 bits per heavy atom. The fourth-order valence-electron chi connectivity index (χ4n) is 2.97. The first kappa shape index (κ1) is 18.4. The minimum absolute atomic E-state index is 0.0890. The molecule has 140 valence electrons. The molecule has 0 unspecified atom stereocenters. The van der Waals surface area contributed by atoms with Crippen molar-refractivity contribution in [2.45, 2.75) is 0 Å². The van der Waals surface area contributed by atoms with Crippen molar-refractivity contribution in [2.24, 2.45) is 0 Å². The van der Waals surface area contributed by atoms with Gasteiger partial charge in [0, 0.05) is 10.9 Å². The summed E-state index contributed by atoms with van der Waals surface area (Å²) in [5.74, 6) is 1.35. The minimum atomic E-state index is -0.357. The van der Waals surface area contributed by atoms with E-state index in [0.29, 0.717) is 33.9 Å². The van der Waals surface area contributed by atoms with Gasteiger partial charge in [0.15, 0.2) is 17.3 Å². The lowest BCUT2D eigenvalue weighted by Gasteiger charge is -2.14. The second kappa shape index (κ2) is 7.45. The number of phenols is 1. The Balaban J connectivity index is 2.12. The lowest BCUT2D eigenvalue weighted by atomic mass is 9.98. The van der Waals surface area contributed by atoms with Crippen molar-refractivity contribution in [3.63, 3.8) is 0 Å². The Kier molecular flexibility index (Phi) is 5.07. The highest BCUT2D eigenvalue weighted by Crippen LogP contribution is 2.40. The summed E-state index contributed by atoms with van der Waals surface area (Å²) in [7, 11) is 6.02. The van der Waals surface area contributed by atoms with E-state index in [0.717, 1.165) is 5.39 Å². The van der Waals surface area contributed by atoms with E-state index in [1.54, 1.807) is 49.6 Å². The van der Waals surface area contributed by atoms with E-state index >= 15 is 0 Å². The highest BCUT2D eigenvalue weighted by molar-refractivity contribution is 6.14. The molecule has 0 radical (unpaired) electrons. The molecule has 0 saturated heterocycles. The first-order valence-electron chi connectivity index (χ1n) is 8.18. The molecule has 0 aliphatic carbocycles. The van der Waals surface area contributed by atoms with Crippen LogP contribution >= 0.6 is 0 Å². The predicted octanol–water partition coefficient (Wildman–Crippen LogP) is 3.81. The van der Waals surface area contributed by atoms with Gasteiger partial charge in [0.05, 0.1) is 34.0 Å². The van der Waals surface area contributed by atoms with Gasteiger partial charge in [-0.25, -0.2) is 0 Å². The van der Waals surface area contributed by atoms with Crippen molar-refractivity contribution in [1.82, 2.24) is 0 Å². The Labute approximate surface area is 156 Å². The van der Waals surface area contributed by atoms with E-state index in [1.165, 1.54) is 21.3 Å². The van der Waals surface area contributed by atoms with Crippen LogP contribution < -0.4 is 18.9 Å². The van der Waals surface area contributed by atoms with Gasteiger partial charge in [0.25, 0.3) is 0 Å². The highest BCUT2D eigenvalue weighted by atomic mass is 16.5. The first-order valence-corrected chi connectivity index (χ1v) is 8.18. The summed E-state index contributed by atoms with van der Waals surface area (Å²) in [4.78, 5) is 13.0. The number of rotatable bonds is 6. The van der Waals surface area contributed by atoms with Crippen molar-refractivity contribution < 1.29 is 28.8 Å². The molecule has 3 rings (SSSR count). The van der Waals surface area contributed by atoms with Gasteiger partial charge in [-0.05, 0) is 41.8 Å². The molecule has 0 saturated carbocycles. The van der Waals surface area contributed by atoms with E-state index in [1.807, 2.05) is 0 Å². The number of benzene rings is 3. The normalized spacial score (nSPS) is 10.5. The number of carbonyl (C=O) groups is 1. The van der Waals surface area contributed by atoms with Crippen LogP contribution in [0.15, 0.2) is 42.5 Å². The van der Waals surface area contributed by atoms with Crippen LogP contribution in [0.2, 0.25) is 0 Å². The largest absolute Gasteiger partial charge is 0.507 e. The van der Waals surface area contributed by atoms with Gasteiger partial charge in [-0.1, -0.05) is 6.07 Å². The summed E-state index contributed by atoms with van der Waals surface area (Å²) >= 11 is 0. The van der Waals surface area contributed by atoms with Crippen LogP contribution in [-0.2, 0) is 0 Å². The van der Waals surface area contributed by atoms with Crippen molar-refractivity contribution in [3.8, 4) is 28.7 Å². The van der Waals surface area contributed by atoms with Crippen LogP contribution in [0.4, 0.5) is 0 Å². The quantitative estimate of drug-likeness (QED) is 0.667. The molecule has 0 fully saturated rings. The van der Waals surface area contributed by atoms with Crippen LogP contribution in [0.5, 0.6) is 28.7 Å². The molecule has 0 heterocycles. The molecule has 0 amide bonds. The highest BCUT2D eigenvalue weighted by Gasteiger charge is 2.21. The number of aromatic hydroxyl groups is 1. The molecule has 0 spiro atoms. The topological polar surface area (TPSA) is 74.2 Å². The van der Waals surface area contributed by atoms with Crippen LogP contribution in [0.3, 0.4) is 0 Å². The molecule has 3 aromatic rings. The van der Waals surface area contributed by atoms with Crippen molar-refractivity contribution in [2.75, 3.05) is 28.4 Å². The zero-order chi connectivity index (χ0) is 19.6. The smallest absolute Gasteiger partial charge is 0.203 e. The Bertz CT molecular complexity index is 984. The van der Waals surface area contributed by atoms with Crippen LogP contribution in [0, 0.1) is 0 Å². The second-order valence-corrected chi connectivity index (χ2v) is 5.79. The lowest BCUT2D eigenvalue weighted by molar-refractivity contribution is 0.103. The van der Waals surface area contributed by atoms with Gasteiger partial charge in [-0.15, -0.1) is 0 Å². The van der Waals surface area contributed by atoms with E-state index in [2.05, 4.69) is 0 Å². The summed E-state index contributed by atoms with van der Waals surface area (Å²) < 4.78 is 21.1. The monoisotopic (exact) mass is 368 g/mol. The third-order valence-electron chi connectivity index (χ3n) is 4.37. The molecule has 0 aliphatic heterocycles. The van der Waals surface area contributed by atoms with E-state index in [4.69, 9.17) is 18.9 Å². The molecule has 0 aliphatic rings. The minimum Gasteiger partial charge on any atom is -0.507 e. The van der Waals surface area contributed by atoms with Crippen molar-refractivity contribution >= 4 is 16.6 Å². The van der Waals surface area contributed by atoms with E-state index in [9.17, 15) is 9.90 Å². The third-order valence-corrected chi connectivity index (χ3v) is 4.37. The maximum Gasteiger partial charge on any atom is 0.203 e. The summed E-state index contributed by atoms with van der Waals surface area (Å²) in [6.45, 7) is 0. The van der Waals surface area contributed by atoms with Crippen molar-refractivity contribution in [1.29, 1.82) is 0 Å². The fourth-order valence-corrected chi connectivity index (χ4v) is 2.97. The van der Waals surface area contributed by atoms with Crippen LogP contribution in [-0.4, -0.2) is 39.3 Å². The van der Waals surface area contributed by atoms with Crippen LogP contribution in [0.25, 0.3) is 10.8 Å². The standard InChI is InChI=1S/C21H20O6/c1-24-14-6-8-15-12(9-14)5-7-16(20(15)23)19(22)13-10-17(25-2)21(27-4)18(11-13)26-3/h5-11,23H,1-4H3. The second-order valence-electron chi connectivity index (χ2n) is 5.79. The van der Waals surface area contributed by atoms with E-state index in [-0.39, 0.29) is 17.1 Å². The zero-order valence-electron chi connectivity index (χ0n) is 15.5. The average Bonchev–Trinajstić information content (AvgIpc) is 2.71. The number of ether oxygens (including phenoxy) is 4. The molecular weight excluding hydrogens is 348 g/mol. The molecule has 27 heavy (non-hydrogen) atoms. The molecule has 0 aromatic heterocycles. The van der Waals surface area contributed by atoms with Gasteiger partial charge in [0.2, 0.25) is 5.75 Å². The van der Waals surface area contributed by atoms with Gasteiger partial charge in [-0.2, -0.15) is 0 Å². The summed E-state index contributed by atoms with van der Waals surface area (Å²) in [5.41, 5.74) is 0.495. The maximum absolute atomic E-state index is 13.0. The summed E-state index contributed by atoms with van der Waals surface area (Å²) in [6.07, 6.45) is 0. The first-order chi connectivity index (χ1) is 13.0. The van der Waals surface area contributed by atoms with Gasteiger partial charge < -0.3 is 24.1 Å². The number of hydrogen-bond acceptors (Lipinski definition) is 6. The Morgan fingerprint density at radius 3 is 2.04 bits per heavy atom. The molecule has 6 heteroatoms. The van der Waals surface area contributed by atoms with Gasteiger partial charge in [0.1, 0.15) is 11.5 Å². The average molecular weight is 368 g/mol. The number of hydrogen-bond donors (Lipinski definition) is 1. The molecule has 1 N–H and O–H groups in total. The number of carbonyl (C=O) groups excluding carboxylic acids is 1. The fraction of sp³-hybridized carbons (Fsp3) is 0.190. The predicted molar refractivity (Wildman–Crippen MR) is 102 cm³/mol. The molecule has 3 aromatic carbocycles. The SMILES string of the molecule is COc1ccc2c(O)c(C(=O)c3cc(OC)c(OC)c(OC)c3)ccc2c1. The van der Waals surface area contributed by atoms with Crippen molar-refractivity contribution in [3.05, 3.63) is 53.6 Å². The molecular formula is C21H20O6. The molecule has 6 nitrogen and oxygen atoms in total. The Morgan fingerprint density at radius 2 is 1.48 bits per heavy atom. The van der Waals surface area contributed by atoms with E-state index < -0.39 is 0 Å². The molecule has 0 atom stereocenters. The third kappa shape index (κ3) is 3.21. The number of ketones is 1. The summed E-state index contributed by atoms with van der Waals surface area (Å²) in [6, 6.07) is 11.7. The van der Waals surface area contributed by atoms with Gasteiger partial charge >= 0.3 is 0 Å². The maximum atomic E-state index is 13.0. The van der Waals surface area contributed by atoms with Gasteiger partial charge in [-0.3, -0.25) is 4.79 Å².